The Morgan fingerprint density at radius 1 is 1.42 bits per heavy atom. The number of rotatable bonds is 2. The number of hydrogen-bond donors (Lipinski definition) is 3. The number of nitrogens with zero attached hydrogens (tertiary/aromatic N) is 1. The molecule has 4 N–H and O–H groups in total. The molecule has 0 spiro atoms. The van der Waals surface area contributed by atoms with Crippen LogP contribution < -0.4 is 11.1 Å². The lowest BCUT2D eigenvalue weighted by atomic mass is 10.2. The summed E-state index contributed by atoms with van der Waals surface area (Å²) in [5, 5.41) is 12.4. The Balaban J connectivity index is 2.25. The molecule has 0 atom stereocenters. The predicted octanol–water partition coefficient (Wildman–Crippen LogP) is 2.58. The standard InChI is InChI=1S/C13H12ClN3O2/c1-7-2-3-8(4-11(7)18)17-13(19)9-5-12(14)16-6-10(9)15/h2-6,18H,15H2,1H3,(H,17,19). The van der Waals surface area contributed by atoms with Crippen LogP contribution in [0, 0.1) is 6.92 Å². The molecule has 0 bridgehead atoms. The molecule has 98 valence electrons. The number of carbonyl (C=O) groups is 1. The van der Waals surface area contributed by atoms with E-state index < -0.39 is 5.91 Å². The first-order chi connectivity index (χ1) is 8.97. The Hall–Kier alpha value is -2.27. The van der Waals surface area contributed by atoms with Crippen molar-refractivity contribution in [3.05, 3.63) is 46.7 Å². The van der Waals surface area contributed by atoms with Crippen molar-refractivity contribution in [3.8, 4) is 5.75 Å². The molecule has 19 heavy (non-hydrogen) atoms. The highest BCUT2D eigenvalue weighted by Crippen LogP contribution is 2.22. The smallest absolute Gasteiger partial charge is 0.257 e. The van der Waals surface area contributed by atoms with Crippen molar-refractivity contribution in [1.82, 2.24) is 4.98 Å². The van der Waals surface area contributed by atoms with E-state index in [1.807, 2.05) is 0 Å². The third-order valence-electron chi connectivity index (χ3n) is 2.61. The molecule has 0 aliphatic rings. The molecule has 0 aliphatic heterocycles. The molecule has 2 rings (SSSR count). The van der Waals surface area contributed by atoms with E-state index in [9.17, 15) is 9.90 Å². The Morgan fingerprint density at radius 2 is 2.16 bits per heavy atom. The third-order valence-corrected chi connectivity index (χ3v) is 2.82. The van der Waals surface area contributed by atoms with Crippen LogP contribution in [0.25, 0.3) is 0 Å². The zero-order chi connectivity index (χ0) is 14.0. The Bertz CT molecular complexity index is 644. The number of amides is 1. The first-order valence-electron chi connectivity index (χ1n) is 5.49. The van der Waals surface area contributed by atoms with Gasteiger partial charge in [-0.2, -0.15) is 0 Å². The summed E-state index contributed by atoms with van der Waals surface area (Å²) in [6, 6.07) is 6.24. The van der Waals surface area contributed by atoms with Gasteiger partial charge in [0, 0.05) is 11.8 Å². The largest absolute Gasteiger partial charge is 0.508 e. The molecule has 0 saturated heterocycles. The van der Waals surface area contributed by atoms with Crippen LogP contribution in [-0.4, -0.2) is 16.0 Å². The number of pyridine rings is 1. The summed E-state index contributed by atoms with van der Waals surface area (Å²) in [6.07, 6.45) is 1.32. The molecule has 5 nitrogen and oxygen atoms in total. The minimum Gasteiger partial charge on any atom is -0.508 e. The molecule has 0 radical (unpaired) electrons. The Kier molecular flexibility index (Phi) is 3.57. The van der Waals surface area contributed by atoms with Gasteiger partial charge in [0.05, 0.1) is 17.4 Å². The predicted molar refractivity (Wildman–Crippen MR) is 74.5 cm³/mol. The van der Waals surface area contributed by atoms with Crippen molar-refractivity contribution in [2.24, 2.45) is 0 Å². The highest BCUT2D eigenvalue weighted by atomic mass is 35.5. The number of benzene rings is 1. The van der Waals surface area contributed by atoms with Gasteiger partial charge >= 0.3 is 0 Å². The van der Waals surface area contributed by atoms with Crippen molar-refractivity contribution in [2.45, 2.75) is 6.92 Å². The van der Waals surface area contributed by atoms with Crippen molar-refractivity contribution >= 4 is 28.9 Å². The minimum absolute atomic E-state index is 0.110. The summed E-state index contributed by atoms with van der Waals surface area (Å²) in [6.45, 7) is 1.77. The van der Waals surface area contributed by atoms with Gasteiger partial charge in [-0.3, -0.25) is 4.79 Å². The molecule has 0 saturated carbocycles. The third kappa shape index (κ3) is 2.95. The van der Waals surface area contributed by atoms with Crippen LogP contribution in [-0.2, 0) is 0 Å². The maximum Gasteiger partial charge on any atom is 0.257 e. The fourth-order valence-corrected chi connectivity index (χ4v) is 1.68. The number of nitrogen functional groups attached to an aromatic ring is 1. The van der Waals surface area contributed by atoms with Gasteiger partial charge in [-0.25, -0.2) is 4.98 Å². The second-order valence-electron chi connectivity index (χ2n) is 4.05. The Labute approximate surface area is 115 Å². The Morgan fingerprint density at radius 3 is 2.84 bits per heavy atom. The number of carbonyl (C=O) groups excluding carboxylic acids is 1. The minimum atomic E-state index is -0.412. The highest BCUT2D eigenvalue weighted by Gasteiger charge is 2.11. The first-order valence-corrected chi connectivity index (χ1v) is 5.87. The van der Waals surface area contributed by atoms with Crippen LogP contribution in [0.2, 0.25) is 5.15 Å². The molecule has 1 amide bonds. The van der Waals surface area contributed by atoms with E-state index in [4.69, 9.17) is 17.3 Å². The summed E-state index contributed by atoms with van der Waals surface area (Å²) in [5.41, 5.74) is 7.34. The number of hydrogen-bond acceptors (Lipinski definition) is 4. The molecule has 0 aliphatic carbocycles. The molecule has 0 fully saturated rings. The van der Waals surface area contributed by atoms with E-state index in [1.165, 1.54) is 18.3 Å². The summed E-state index contributed by atoms with van der Waals surface area (Å²) in [5.74, 6) is -0.302. The topological polar surface area (TPSA) is 88.2 Å². The fraction of sp³-hybridized carbons (Fsp3) is 0.0769. The van der Waals surface area contributed by atoms with Crippen molar-refractivity contribution in [1.29, 1.82) is 0 Å². The maximum absolute atomic E-state index is 12.0. The van der Waals surface area contributed by atoms with Gasteiger partial charge in [0.2, 0.25) is 0 Å². The number of aryl methyl sites for hydroxylation is 1. The van der Waals surface area contributed by atoms with Crippen LogP contribution in [0.4, 0.5) is 11.4 Å². The van der Waals surface area contributed by atoms with Gasteiger partial charge in [0.15, 0.2) is 0 Å². The molecule has 0 unspecified atom stereocenters. The number of phenols is 1. The summed E-state index contributed by atoms with van der Waals surface area (Å²) >= 11 is 5.72. The van der Waals surface area contributed by atoms with E-state index in [-0.39, 0.29) is 22.2 Å². The second-order valence-corrected chi connectivity index (χ2v) is 4.44. The lowest BCUT2D eigenvalue weighted by Gasteiger charge is -2.08. The van der Waals surface area contributed by atoms with Crippen molar-refractivity contribution < 1.29 is 9.90 Å². The molecule has 6 heteroatoms. The zero-order valence-electron chi connectivity index (χ0n) is 10.1. The molecular weight excluding hydrogens is 266 g/mol. The highest BCUT2D eigenvalue weighted by molar-refractivity contribution is 6.30. The SMILES string of the molecule is Cc1ccc(NC(=O)c2cc(Cl)ncc2N)cc1O. The van der Waals surface area contributed by atoms with Crippen LogP contribution in [0.1, 0.15) is 15.9 Å². The number of nitrogens with one attached hydrogen (secondary N) is 1. The number of aromatic nitrogens is 1. The zero-order valence-corrected chi connectivity index (χ0v) is 10.9. The molecule has 1 aromatic heterocycles. The normalized spacial score (nSPS) is 10.2. The summed E-state index contributed by atoms with van der Waals surface area (Å²) in [4.78, 5) is 15.8. The number of halogens is 1. The molecule has 1 heterocycles. The van der Waals surface area contributed by atoms with Gasteiger partial charge in [-0.1, -0.05) is 17.7 Å². The van der Waals surface area contributed by atoms with Gasteiger partial charge < -0.3 is 16.2 Å². The molecule has 2 aromatic rings. The van der Waals surface area contributed by atoms with E-state index in [0.717, 1.165) is 5.56 Å². The van der Waals surface area contributed by atoms with Gasteiger partial charge in [-0.05, 0) is 24.6 Å². The number of anilines is 2. The fourth-order valence-electron chi connectivity index (χ4n) is 1.52. The lowest BCUT2D eigenvalue weighted by molar-refractivity contribution is 0.102. The van der Waals surface area contributed by atoms with Crippen LogP contribution >= 0.6 is 11.6 Å². The number of aromatic hydroxyl groups is 1. The number of phenolic OH excluding ortho intramolecular Hbond substituents is 1. The monoisotopic (exact) mass is 277 g/mol. The van der Waals surface area contributed by atoms with Crippen molar-refractivity contribution in [2.75, 3.05) is 11.1 Å². The van der Waals surface area contributed by atoms with Crippen molar-refractivity contribution in [3.63, 3.8) is 0 Å². The number of nitrogens with two attached hydrogens (primary N) is 1. The lowest BCUT2D eigenvalue weighted by Crippen LogP contribution is -2.14. The van der Waals surface area contributed by atoms with Crippen LogP contribution in [0.3, 0.4) is 0 Å². The maximum atomic E-state index is 12.0. The van der Waals surface area contributed by atoms with E-state index >= 15 is 0 Å². The molecular formula is C13H12ClN3O2. The van der Waals surface area contributed by atoms with Gasteiger partial charge in [0.1, 0.15) is 10.9 Å². The van der Waals surface area contributed by atoms with Crippen LogP contribution in [0.15, 0.2) is 30.5 Å². The van der Waals surface area contributed by atoms with E-state index in [2.05, 4.69) is 10.3 Å². The average molecular weight is 278 g/mol. The molecule has 1 aromatic carbocycles. The quantitative estimate of drug-likeness (QED) is 0.736. The van der Waals surface area contributed by atoms with E-state index in [0.29, 0.717) is 5.69 Å². The first kappa shape index (κ1) is 13.2. The van der Waals surface area contributed by atoms with Crippen LogP contribution in [0.5, 0.6) is 5.75 Å². The summed E-state index contributed by atoms with van der Waals surface area (Å²) < 4.78 is 0. The van der Waals surface area contributed by atoms with Gasteiger partial charge in [-0.15, -0.1) is 0 Å². The second kappa shape index (κ2) is 5.16. The van der Waals surface area contributed by atoms with E-state index in [1.54, 1.807) is 19.1 Å². The average Bonchev–Trinajstić information content (AvgIpc) is 2.36. The summed E-state index contributed by atoms with van der Waals surface area (Å²) in [7, 11) is 0. The van der Waals surface area contributed by atoms with Gasteiger partial charge in [0.25, 0.3) is 5.91 Å².